The van der Waals surface area contributed by atoms with E-state index in [0.29, 0.717) is 17.8 Å². The molecule has 0 saturated carbocycles. The summed E-state index contributed by atoms with van der Waals surface area (Å²) in [5, 5.41) is 10.0. The van der Waals surface area contributed by atoms with Gasteiger partial charge in [-0.25, -0.2) is 0 Å². The smallest absolute Gasteiger partial charge is 0.315 e. The monoisotopic (exact) mass is 361 g/mol. The molecule has 8 nitrogen and oxygen atoms in total. The molecule has 2 aromatic heterocycles. The van der Waals surface area contributed by atoms with Crippen LogP contribution in [-0.4, -0.2) is 26.2 Å². The lowest BCUT2D eigenvalue weighted by molar-refractivity contribution is 0.0892. The Hall–Kier alpha value is -3.17. The zero-order valence-corrected chi connectivity index (χ0v) is 13.6. The van der Waals surface area contributed by atoms with Crippen molar-refractivity contribution in [3.05, 3.63) is 46.9 Å². The first-order valence-electron chi connectivity index (χ1n) is 7.87. The van der Waals surface area contributed by atoms with E-state index in [1.807, 2.05) is 12.1 Å². The van der Waals surface area contributed by atoms with Crippen LogP contribution in [0.25, 0.3) is 11.4 Å². The van der Waals surface area contributed by atoms with Gasteiger partial charge in [0.25, 0.3) is 5.89 Å². The number of alkyl halides is 2. The Morgan fingerprint density at radius 3 is 2.81 bits per heavy atom. The van der Waals surface area contributed by atoms with Gasteiger partial charge in [-0.3, -0.25) is 4.79 Å². The Kier molecular flexibility index (Phi) is 3.94. The normalized spacial score (nSPS) is 16.1. The molecule has 26 heavy (non-hydrogen) atoms. The molecule has 10 heteroatoms. The fourth-order valence-corrected chi connectivity index (χ4v) is 2.96. The molecule has 1 aliphatic rings. The maximum Gasteiger partial charge on any atom is 0.315 e. The minimum Gasteiger partial charge on any atom is -0.341 e. The topological polar surface area (TPSA) is 107 Å². The third-order valence-electron chi connectivity index (χ3n) is 4.13. The van der Waals surface area contributed by atoms with Crippen LogP contribution in [0.15, 0.2) is 27.2 Å². The Labute approximate surface area is 145 Å². The van der Waals surface area contributed by atoms with Gasteiger partial charge < -0.3 is 14.4 Å². The number of aryl methyl sites for hydroxylation is 2. The highest BCUT2D eigenvalue weighted by Crippen LogP contribution is 2.34. The van der Waals surface area contributed by atoms with Gasteiger partial charge >= 0.3 is 18.2 Å². The summed E-state index contributed by atoms with van der Waals surface area (Å²) in [7, 11) is 0. The number of amides is 1. The van der Waals surface area contributed by atoms with Crippen molar-refractivity contribution in [1.82, 2.24) is 25.6 Å². The summed E-state index contributed by atoms with van der Waals surface area (Å²) >= 11 is 0. The number of hydrogen-bond acceptors (Lipinski definition) is 7. The lowest BCUT2D eigenvalue weighted by atomic mass is 10.0. The molecule has 0 spiro atoms. The number of fused-ring (bicyclic) bond motifs is 1. The van der Waals surface area contributed by atoms with Crippen LogP contribution < -0.4 is 5.32 Å². The maximum atomic E-state index is 12.6. The molecular formula is C16H13F2N5O3. The minimum atomic E-state index is -2.81. The number of hydrogen-bond donors (Lipinski definition) is 1. The molecule has 1 amide bonds. The van der Waals surface area contributed by atoms with E-state index in [2.05, 4.69) is 30.1 Å². The second-order valence-electron chi connectivity index (χ2n) is 5.88. The number of nitrogens with one attached hydrogen (secondary N) is 1. The van der Waals surface area contributed by atoms with Crippen molar-refractivity contribution in [2.75, 3.05) is 0 Å². The minimum absolute atomic E-state index is 0.0844. The van der Waals surface area contributed by atoms with Gasteiger partial charge in [-0.05, 0) is 37.0 Å². The first-order valence-corrected chi connectivity index (χ1v) is 7.87. The average Bonchev–Trinajstić information content (AvgIpc) is 3.34. The lowest BCUT2D eigenvalue weighted by Gasteiger charge is -2.12. The van der Waals surface area contributed by atoms with E-state index < -0.39 is 18.2 Å². The summed E-state index contributed by atoms with van der Waals surface area (Å²) in [6.07, 6.45) is -1.39. The standard InChI is InChI=1S/C16H13F2N5O3/c1-7-19-16(26-22-7)14(24)20-11-5-3-8-6-9(2-4-10(8)11)13-21-15(12(17)18)25-23-13/h2,4,6,11-12H,3,5H2,1H3,(H,20,24). The van der Waals surface area contributed by atoms with Crippen molar-refractivity contribution in [3.8, 4) is 11.4 Å². The molecule has 0 fully saturated rings. The van der Waals surface area contributed by atoms with Crippen LogP contribution in [0.5, 0.6) is 0 Å². The van der Waals surface area contributed by atoms with E-state index >= 15 is 0 Å². The van der Waals surface area contributed by atoms with Crippen LogP contribution in [0.4, 0.5) is 8.78 Å². The van der Waals surface area contributed by atoms with E-state index in [0.717, 1.165) is 17.5 Å². The molecule has 1 aliphatic carbocycles. The fourth-order valence-electron chi connectivity index (χ4n) is 2.96. The summed E-state index contributed by atoms with van der Waals surface area (Å²) in [5.74, 6) is -0.738. The molecule has 1 aromatic carbocycles. The molecule has 0 bridgehead atoms. The van der Waals surface area contributed by atoms with Crippen molar-refractivity contribution in [3.63, 3.8) is 0 Å². The molecular weight excluding hydrogens is 348 g/mol. The van der Waals surface area contributed by atoms with E-state index in [-0.39, 0.29) is 17.8 Å². The highest BCUT2D eigenvalue weighted by Gasteiger charge is 2.27. The van der Waals surface area contributed by atoms with Crippen LogP contribution >= 0.6 is 0 Å². The van der Waals surface area contributed by atoms with E-state index in [4.69, 9.17) is 4.52 Å². The SMILES string of the molecule is Cc1noc(C(=O)NC2CCc3cc(-c4noc(C(F)F)n4)ccc32)n1. The van der Waals surface area contributed by atoms with Gasteiger partial charge in [0.15, 0.2) is 5.82 Å². The van der Waals surface area contributed by atoms with Gasteiger partial charge in [0.05, 0.1) is 6.04 Å². The molecule has 1 atom stereocenters. The Morgan fingerprint density at radius 1 is 1.27 bits per heavy atom. The number of aromatic nitrogens is 4. The van der Waals surface area contributed by atoms with Crippen LogP contribution in [0.1, 0.15) is 52.4 Å². The van der Waals surface area contributed by atoms with Gasteiger partial charge in [-0.15, -0.1) is 0 Å². The highest BCUT2D eigenvalue weighted by molar-refractivity contribution is 5.89. The number of nitrogens with zero attached hydrogens (tertiary/aromatic N) is 4. The van der Waals surface area contributed by atoms with Gasteiger partial charge in [0.2, 0.25) is 5.82 Å². The van der Waals surface area contributed by atoms with Gasteiger partial charge in [0, 0.05) is 5.56 Å². The van der Waals surface area contributed by atoms with Crippen LogP contribution in [0.2, 0.25) is 0 Å². The number of halogens is 2. The summed E-state index contributed by atoms with van der Waals surface area (Å²) < 4.78 is 34.5. The molecule has 0 radical (unpaired) electrons. The van der Waals surface area contributed by atoms with Crippen LogP contribution in [0.3, 0.4) is 0 Å². The number of carbonyl (C=O) groups excluding carboxylic acids is 1. The van der Waals surface area contributed by atoms with Crippen molar-refractivity contribution in [2.45, 2.75) is 32.2 Å². The first kappa shape index (κ1) is 16.3. The molecule has 134 valence electrons. The quantitative estimate of drug-likeness (QED) is 0.761. The van der Waals surface area contributed by atoms with E-state index in [9.17, 15) is 13.6 Å². The molecule has 4 rings (SSSR count). The summed E-state index contributed by atoms with van der Waals surface area (Å²) in [6, 6.07) is 5.15. The van der Waals surface area contributed by atoms with Gasteiger partial charge in [0.1, 0.15) is 0 Å². The maximum absolute atomic E-state index is 12.6. The number of carbonyl (C=O) groups is 1. The summed E-state index contributed by atoms with van der Waals surface area (Å²) in [6.45, 7) is 1.63. The predicted molar refractivity (Wildman–Crippen MR) is 82.3 cm³/mol. The Bertz CT molecular complexity index is 968. The van der Waals surface area contributed by atoms with Crippen LogP contribution in [0, 0.1) is 6.92 Å². The average molecular weight is 361 g/mol. The number of benzene rings is 1. The molecule has 0 saturated heterocycles. The van der Waals surface area contributed by atoms with Crippen molar-refractivity contribution < 1.29 is 22.6 Å². The van der Waals surface area contributed by atoms with Gasteiger partial charge in [-0.2, -0.15) is 18.7 Å². The molecule has 1 unspecified atom stereocenters. The van der Waals surface area contributed by atoms with E-state index in [1.165, 1.54) is 0 Å². The summed E-state index contributed by atoms with van der Waals surface area (Å²) in [4.78, 5) is 19.8. The largest absolute Gasteiger partial charge is 0.341 e. The second kappa shape index (κ2) is 6.28. The molecule has 0 aliphatic heterocycles. The van der Waals surface area contributed by atoms with E-state index in [1.54, 1.807) is 13.0 Å². The zero-order chi connectivity index (χ0) is 18.3. The highest BCUT2D eigenvalue weighted by atomic mass is 19.3. The second-order valence-corrected chi connectivity index (χ2v) is 5.88. The summed E-state index contributed by atoms with van der Waals surface area (Å²) in [5.41, 5.74) is 2.51. The predicted octanol–water partition coefficient (Wildman–Crippen LogP) is 2.78. The van der Waals surface area contributed by atoms with Gasteiger partial charge in [-0.1, -0.05) is 22.4 Å². The van der Waals surface area contributed by atoms with Crippen molar-refractivity contribution >= 4 is 5.91 Å². The Morgan fingerprint density at radius 2 is 2.12 bits per heavy atom. The van der Waals surface area contributed by atoms with Crippen molar-refractivity contribution in [1.29, 1.82) is 0 Å². The third-order valence-corrected chi connectivity index (χ3v) is 4.13. The molecule has 2 heterocycles. The molecule has 1 N–H and O–H groups in total. The van der Waals surface area contributed by atoms with Crippen LogP contribution in [-0.2, 0) is 6.42 Å². The number of rotatable bonds is 4. The zero-order valence-electron chi connectivity index (χ0n) is 13.6. The third kappa shape index (κ3) is 2.93. The molecule has 3 aromatic rings. The fraction of sp³-hybridized carbons (Fsp3) is 0.312. The Balaban J connectivity index is 1.53. The lowest BCUT2D eigenvalue weighted by Crippen LogP contribution is -2.27. The first-order chi connectivity index (χ1) is 12.5. The van der Waals surface area contributed by atoms with Crippen molar-refractivity contribution in [2.24, 2.45) is 0 Å².